The molecule has 0 aromatic heterocycles. The van der Waals surface area contributed by atoms with E-state index in [0.717, 1.165) is 24.3 Å². The predicted molar refractivity (Wildman–Crippen MR) is 81.0 cm³/mol. The fraction of sp³-hybridized carbons (Fsp3) is 1.00. The SMILES string of the molecule is CN(CC1CC2CCC1C2)C1(CN)CCC(C)(C)C1. The second-order valence-electron chi connectivity index (χ2n) is 8.58. The first-order valence-corrected chi connectivity index (χ1v) is 8.35. The zero-order valence-corrected chi connectivity index (χ0v) is 13.1. The van der Waals surface area contributed by atoms with E-state index in [4.69, 9.17) is 5.73 Å². The van der Waals surface area contributed by atoms with Crippen LogP contribution in [0.3, 0.4) is 0 Å². The van der Waals surface area contributed by atoms with Crippen molar-refractivity contribution in [1.82, 2.24) is 4.90 Å². The Labute approximate surface area is 119 Å². The van der Waals surface area contributed by atoms with Crippen LogP contribution in [0.15, 0.2) is 0 Å². The topological polar surface area (TPSA) is 29.3 Å². The Morgan fingerprint density at radius 2 is 1.95 bits per heavy atom. The normalized spacial score (nSPS) is 44.4. The Morgan fingerprint density at radius 1 is 1.16 bits per heavy atom. The van der Waals surface area contributed by atoms with Crippen molar-refractivity contribution in [2.45, 2.75) is 64.3 Å². The molecule has 0 aromatic carbocycles. The molecule has 3 rings (SSSR count). The van der Waals surface area contributed by atoms with Gasteiger partial charge in [0.25, 0.3) is 0 Å². The Hall–Kier alpha value is -0.0800. The number of hydrogen-bond acceptors (Lipinski definition) is 2. The van der Waals surface area contributed by atoms with E-state index >= 15 is 0 Å². The van der Waals surface area contributed by atoms with Crippen molar-refractivity contribution in [3.63, 3.8) is 0 Å². The monoisotopic (exact) mass is 264 g/mol. The highest BCUT2D eigenvalue weighted by molar-refractivity contribution is 5.02. The van der Waals surface area contributed by atoms with Gasteiger partial charge in [0.2, 0.25) is 0 Å². The third-order valence-electron chi connectivity index (χ3n) is 6.66. The minimum Gasteiger partial charge on any atom is -0.329 e. The molecule has 2 heteroatoms. The number of fused-ring (bicyclic) bond motifs is 2. The molecule has 0 radical (unpaired) electrons. The van der Waals surface area contributed by atoms with E-state index in [1.165, 1.54) is 51.5 Å². The van der Waals surface area contributed by atoms with Crippen molar-refractivity contribution in [3.8, 4) is 0 Å². The lowest BCUT2D eigenvalue weighted by molar-refractivity contribution is 0.0864. The summed E-state index contributed by atoms with van der Waals surface area (Å²) in [4.78, 5) is 2.66. The van der Waals surface area contributed by atoms with Crippen LogP contribution in [0.1, 0.15) is 58.8 Å². The van der Waals surface area contributed by atoms with Gasteiger partial charge in [0.15, 0.2) is 0 Å². The van der Waals surface area contributed by atoms with E-state index in [2.05, 4.69) is 25.8 Å². The van der Waals surface area contributed by atoms with Crippen molar-refractivity contribution in [2.24, 2.45) is 28.9 Å². The third-order valence-corrected chi connectivity index (χ3v) is 6.66. The second kappa shape index (κ2) is 4.73. The quantitative estimate of drug-likeness (QED) is 0.844. The van der Waals surface area contributed by atoms with E-state index in [1.807, 2.05) is 0 Å². The highest BCUT2D eigenvalue weighted by Crippen LogP contribution is 2.50. The van der Waals surface area contributed by atoms with Crippen LogP contribution in [0.4, 0.5) is 0 Å². The van der Waals surface area contributed by atoms with Gasteiger partial charge in [-0.1, -0.05) is 20.3 Å². The van der Waals surface area contributed by atoms with Gasteiger partial charge in [-0.15, -0.1) is 0 Å². The molecule has 0 heterocycles. The summed E-state index contributed by atoms with van der Waals surface area (Å²) in [5, 5.41) is 0. The molecule has 0 saturated heterocycles. The molecule has 2 N–H and O–H groups in total. The lowest BCUT2D eigenvalue weighted by atomic mass is 9.84. The van der Waals surface area contributed by atoms with Crippen LogP contribution in [0.5, 0.6) is 0 Å². The molecule has 4 atom stereocenters. The molecule has 2 bridgehead atoms. The number of nitrogens with zero attached hydrogens (tertiary/aromatic N) is 1. The van der Waals surface area contributed by atoms with E-state index in [0.29, 0.717) is 11.0 Å². The number of likely N-dealkylation sites (N-methyl/N-ethyl adjacent to an activating group) is 1. The average Bonchev–Trinajstić information content (AvgIpc) is 3.03. The largest absolute Gasteiger partial charge is 0.329 e. The van der Waals surface area contributed by atoms with Crippen LogP contribution in [-0.2, 0) is 0 Å². The first-order chi connectivity index (χ1) is 8.94. The first kappa shape index (κ1) is 13.9. The van der Waals surface area contributed by atoms with Crippen LogP contribution in [0.25, 0.3) is 0 Å². The lowest BCUT2D eigenvalue weighted by Gasteiger charge is -2.41. The van der Waals surface area contributed by atoms with Crippen LogP contribution in [0.2, 0.25) is 0 Å². The Balaban J connectivity index is 1.64. The molecule has 110 valence electrons. The van der Waals surface area contributed by atoms with Gasteiger partial charge < -0.3 is 5.73 Å². The maximum atomic E-state index is 6.20. The molecule has 0 aromatic rings. The minimum absolute atomic E-state index is 0.297. The summed E-state index contributed by atoms with van der Waals surface area (Å²) in [6.07, 6.45) is 9.97. The zero-order chi connectivity index (χ0) is 13.7. The van der Waals surface area contributed by atoms with Crippen LogP contribution in [-0.4, -0.2) is 30.6 Å². The summed E-state index contributed by atoms with van der Waals surface area (Å²) in [5.41, 5.74) is 6.98. The molecule has 3 aliphatic rings. The standard InChI is InChI=1S/C17H32N2/c1-16(2)6-7-17(11-16,12-18)19(3)10-15-9-13-4-5-14(15)8-13/h13-15H,4-12,18H2,1-3H3. The Morgan fingerprint density at radius 3 is 2.42 bits per heavy atom. The number of nitrogens with two attached hydrogens (primary N) is 1. The minimum atomic E-state index is 0.297. The van der Waals surface area contributed by atoms with Gasteiger partial charge in [0.05, 0.1) is 0 Å². The maximum Gasteiger partial charge on any atom is 0.0334 e. The highest BCUT2D eigenvalue weighted by Gasteiger charge is 2.47. The van der Waals surface area contributed by atoms with E-state index in [9.17, 15) is 0 Å². The number of hydrogen-bond donors (Lipinski definition) is 1. The van der Waals surface area contributed by atoms with Crippen molar-refractivity contribution in [3.05, 3.63) is 0 Å². The predicted octanol–water partition coefficient (Wildman–Crippen LogP) is 3.26. The summed E-state index contributed by atoms with van der Waals surface area (Å²) in [7, 11) is 2.35. The average molecular weight is 264 g/mol. The number of rotatable bonds is 4. The van der Waals surface area contributed by atoms with Crippen LogP contribution >= 0.6 is 0 Å². The van der Waals surface area contributed by atoms with Gasteiger partial charge in [-0.2, -0.15) is 0 Å². The Kier molecular flexibility index (Phi) is 3.46. The van der Waals surface area contributed by atoms with Gasteiger partial charge >= 0.3 is 0 Å². The molecule has 3 fully saturated rings. The summed E-state index contributed by atoms with van der Waals surface area (Å²) < 4.78 is 0. The molecule has 0 amide bonds. The molecule has 0 spiro atoms. The lowest BCUT2D eigenvalue weighted by Crippen LogP contribution is -2.52. The second-order valence-corrected chi connectivity index (χ2v) is 8.58. The molecular formula is C17H32N2. The van der Waals surface area contributed by atoms with Gasteiger partial charge in [-0.05, 0) is 68.7 Å². The zero-order valence-electron chi connectivity index (χ0n) is 13.1. The third kappa shape index (κ3) is 2.47. The van der Waals surface area contributed by atoms with Gasteiger partial charge in [-0.3, -0.25) is 4.90 Å². The van der Waals surface area contributed by atoms with E-state index in [-0.39, 0.29) is 0 Å². The maximum absolute atomic E-state index is 6.20. The van der Waals surface area contributed by atoms with Gasteiger partial charge in [-0.25, -0.2) is 0 Å². The van der Waals surface area contributed by atoms with Crippen LogP contribution in [0, 0.1) is 23.2 Å². The smallest absolute Gasteiger partial charge is 0.0334 e. The summed E-state index contributed by atoms with van der Waals surface area (Å²) in [6, 6.07) is 0. The molecule has 0 aliphatic heterocycles. The molecule has 3 aliphatic carbocycles. The molecule has 19 heavy (non-hydrogen) atoms. The summed E-state index contributed by atoms with van der Waals surface area (Å²) >= 11 is 0. The van der Waals surface area contributed by atoms with Crippen molar-refractivity contribution < 1.29 is 0 Å². The molecule has 3 saturated carbocycles. The highest BCUT2D eigenvalue weighted by atomic mass is 15.2. The fourth-order valence-electron chi connectivity index (χ4n) is 5.44. The summed E-state index contributed by atoms with van der Waals surface area (Å²) in [6.45, 7) is 6.97. The molecule has 4 unspecified atom stereocenters. The van der Waals surface area contributed by atoms with E-state index < -0.39 is 0 Å². The summed E-state index contributed by atoms with van der Waals surface area (Å²) in [5.74, 6) is 3.07. The van der Waals surface area contributed by atoms with Gasteiger partial charge in [0, 0.05) is 18.6 Å². The van der Waals surface area contributed by atoms with E-state index in [1.54, 1.807) is 0 Å². The van der Waals surface area contributed by atoms with Gasteiger partial charge in [0.1, 0.15) is 0 Å². The van der Waals surface area contributed by atoms with Crippen molar-refractivity contribution in [2.75, 3.05) is 20.1 Å². The first-order valence-electron chi connectivity index (χ1n) is 8.35. The Bertz CT molecular complexity index is 338. The fourth-order valence-corrected chi connectivity index (χ4v) is 5.44. The molecule has 2 nitrogen and oxygen atoms in total. The van der Waals surface area contributed by atoms with Crippen molar-refractivity contribution in [1.29, 1.82) is 0 Å². The van der Waals surface area contributed by atoms with Crippen LogP contribution < -0.4 is 5.73 Å². The molecular weight excluding hydrogens is 232 g/mol. The van der Waals surface area contributed by atoms with Crippen molar-refractivity contribution >= 4 is 0 Å².